The van der Waals surface area contributed by atoms with Gasteiger partial charge in [-0.1, -0.05) is 56.2 Å². The van der Waals surface area contributed by atoms with Gasteiger partial charge < -0.3 is 9.90 Å². The van der Waals surface area contributed by atoms with Gasteiger partial charge in [0.15, 0.2) is 0 Å². The Morgan fingerprint density at radius 2 is 1.38 bits per heavy atom. The van der Waals surface area contributed by atoms with Crippen molar-refractivity contribution in [3.05, 3.63) is 61.2 Å². The monoisotopic (exact) mass is 224 g/mol. The van der Waals surface area contributed by atoms with Crippen LogP contribution < -0.4 is 34.7 Å². The number of hydrogen-bond acceptors (Lipinski definition) is 2. The summed E-state index contributed by atoms with van der Waals surface area (Å²) in [5.74, 6) is -1.23. The van der Waals surface area contributed by atoms with Gasteiger partial charge in [-0.3, -0.25) is 0 Å². The van der Waals surface area contributed by atoms with Crippen molar-refractivity contribution in [1.82, 2.24) is 0 Å². The SMILES string of the molecule is C=CC(=O)[O-].C=Cc1ccccc1C=C.[Na+]. The number of carbonyl (C=O) groups excluding carboxylic acids is 1. The second kappa shape index (κ2) is 10.4. The van der Waals surface area contributed by atoms with E-state index in [-0.39, 0.29) is 29.6 Å². The van der Waals surface area contributed by atoms with Crippen LogP contribution in [-0.4, -0.2) is 5.97 Å². The van der Waals surface area contributed by atoms with Crippen molar-refractivity contribution in [3.8, 4) is 0 Å². The van der Waals surface area contributed by atoms with Crippen LogP contribution in [0, 0.1) is 0 Å². The number of carbonyl (C=O) groups is 1. The molecule has 1 aromatic rings. The molecule has 2 nitrogen and oxygen atoms in total. The predicted molar refractivity (Wildman–Crippen MR) is 61.8 cm³/mol. The third-order valence-electron chi connectivity index (χ3n) is 1.60. The fourth-order valence-electron chi connectivity index (χ4n) is 0.883. The van der Waals surface area contributed by atoms with E-state index in [2.05, 4.69) is 19.7 Å². The summed E-state index contributed by atoms with van der Waals surface area (Å²) in [4.78, 5) is 9.14. The molecule has 0 aromatic heterocycles. The Balaban J connectivity index is 0. The summed E-state index contributed by atoms with van der Waals surface area (Å²) in [7, 11) is 0. The quantitative estimate of drug-likeness (QED) is 0.483. The van der Waals surface area contributed by atoms with Crippen molar-refractivity contribution in [3.63, 3.8) is 0 Å². The molecular weight excluding hydrogens is 211 g/mol. The van der Waals surface area contributed by atoms with Crippen LogP contribution in [0.4, 0.5) is 0 Å². The van der Waals surface area contributed by atoms with Crippen LogP contribution in [0.15, 0.2) is 50.1 Å². The molecule has 0 N–H and O–H groups in total. The fraction of sp³-hybridized carbons (Fsp3) is 0. The van der Waals surface area contributed by atoms with E-state index in [1.54, 1.807) is 0 Å². The second-order valence-corrected chi connectivity index (χ2v) is 2.56. The molecule has 1 aromatic carbocycles. The van der Waals surface area contributed by atoms with Gasteiger partial charge in [0.1, 0.15) is 0 Å². The molecule has 0 fully saturated rings. The summed E-state index contributed by atoms with van der Waals surface area (Å²) in [6.07, 6.45) is 4.38. The average molecular weight is 224 g/mol. The third-order valence-corrected chi connectivity index (χ3v) is 1.60. The maximum atomic E-state index is 9.14. The van der Waals surface area contributed by atoms with Gasteiger partial charge >= 0.3 is 29.6 Å². The van der Waals surface area contributed by atoms with E-state index in [1.165, 1.54) is 0 Å². The minimum atomic E-state index is -1.23. The van der Waals surface area contributed by atoms with Crippen molar-refractivity contribution >= 4 is 18.1 Å². The zero-order valence-electron chi connectivity index (χ0n) is 9.48. The van der Waals surface area contributed by atoms with Gasteiger partial charge in [-0.05, 0) is 17.2 Å². The molecule has 1 rings (SSSR count). The Hall–Kier alpha value is -1.09. The van der Waals surface area contributed by atoms with Gasteiger partial charge in [-0.15, -0.1) is 0 Å². The molecule has 0 amide bonds. The first kappa shape index (κ1) is 17.3. The van der Waals surface area contributed by atoms with E-state index in [9.17, 15) is 0 Å². The van der Waals surface area contributed by atoms with E-state index in [1.807, 2.05) is 36.4 Å². The molecular formula is C13H13NaO2. The van der Waals surface area contributed by atoms with E-state index in [0.29, 0.717) is 0 Å². The summed E-state index contributed by atoms with van der Waals surface area (Å²) >= 11 is 0. The number of hydrogen-bond donors (Lipinski definition) is 0. The van der Waals surface area contributed by atoms with Crippen molar-refractivity contribution < 1.29 is 39.5 Å². The van der Waals surface area contributed by atoms with Crippen molar-refractivity contribution in [2.45, 2.75) is 0 Å². The van der Waals surface area contributed by atoms with Gasteiger partial charge in [-0.2, -0.15) is 0 Å². The van der Waals surface area contributed by atoms with Crippen LogP contribution >= 0.6 is 0 Å². The molecule has 0 spiro atoms. The number of rotatable bonds is 3. The topological polar surface area (TPSA) is 40.1 Å². The number of carboxylic acids is 1. The van der Waals surface area contributed by atoms with Crippen LogP contribution in [-0.2, 0) is 4.79 Å². The van der Waals surface area contributed by atoms with Crippen LogP contribution in [0.1, 0.15) is 11.1 Å². The molecule has 0 heterocycles. The average Bonchev–Trinajstić information content (AvgIpc) is 2.29. The summed E-state index contributed by atoms with van der Waals surface area (Å²) in [6, 6.07) is 8.02. The van der Waals surface area contributed by atoms with Crippen molar-refractivity contribution in [1.29, 1.82) is 0 Å². The summed E-state index contributed by atoms with van der Waals surface area (Å²) in [5.41, 5.74) is 2.27. The zero-order chi connectivity index (χ0) is 11.7. The Morgan fingerprint density at radius 3 is 1.56 bits per heavy atom. The van der Waals surface area contributed by atoms with Gasteiger partial charge in [0.05, 0.1) is 5.97 Å². The Bertz CT molecular complexity index is 343. The van der Waals surface area contributed by atoms with Crippen LogP contribution in [0.3, 0.4) is 0 Å². The number of carboxylic acid groups (broad SMARTS) is 1. The standard InChI is InChI=1S/C10H10.C3H4O2.Na/c1-3-9-7-5-6-8-10(9)4-2;1-2-3(4)5;/h3-8H,1-2H2;2H,1H2,(H,4,5);/q;;+1/p-1. The molecule has 0 aliphatic carbocycles. The molecule has 0 aliphatic heterocycles. The van der Waals surface area contributed by atoms with Crippen LogP contribution in [0.2, 0.25) is 0 Å². The molecule has 0 radical (unpaired) electrons. The predicted octanol–water partition coefficient (Wildman–Crippen LogP) is -1.10. The second-order valence-electron chi connectivity index (χ2n) is 2.56. The van der Waals surface area contributed by atoms with Gasteiger partial charge in [-0.25, -0.2) is 0 Å². The molecule has 0 bridgehead atoms. The van der Waals surface area contributed by atoms with Gasteiger partial charge in [0.2, 0.25) is 0 Å². The zero-order valence-corrected chi connectivity index (χ0v) is 11.5. The van der Waals surface area contributed by atoms with E-state index in [4.69, 9.17) is 9.90 Å². The van der Waals surface area contributed by atoms with Gasteiger partial charge in [0.25, 0.3) is 0 Å². The molecule has 0 saturated heterocycles. The summed E-state index contributed by atoms with van der Waals surface area (Å²) < 4.78 is 0. The Morgan fingerprint density at radius 1 is 1.06 bits per heavy atom. The molecule has 0 atom stereocenters. The van der Waals surface area contributed by atoms with Crippen molar-refractivity contribution in [2.24, 2.45) is 0 Å². The summed E-state index contributed by atoms with van der Waals surface area (Å²) in [5, 5.41) is 9.14. The molecule has 0 unspecified atom stereocenters. The molecule has 3 heteroatoms. The normalized spacial score (nSPS) is 7.50. The smallest absolute Gasteiger partial charge is 0.545 e. The molecule has 16 heavy (non-hydrogen) atoms. The Labute approximate surface area is 118 Å². The third kappa shape index (κ3) is 7.23. The van der Waals surface area contributed by atoms with E-state index < -0.39 is 5.97 Å². The minimum absolute atomic E-state index is 0. The molecule has 0 saturated carbocycles. The first-order valence-electron chi connectivity index (χ1n) is 4.33. The molecule has 78 valence electrons. The maximum Gasteiger partial charge on any atom is 1.00 e. The van der Waals surface area contributed by atoms with Crippen LogP contribution in [0.25, 0.3) is 12.2 Å². The molecule has 0 aliphatic rings. The fourth-order valence-corrected chi connectivity index (χ4v) is 0.883. The first-order valence-corrected chi connectivity index (χ1v) is 4.33. The van der Waals surface area contributed by atoms with Crippen LogP contribution in [0.5, 0.6) is 0 Å². The van der Waals surface area contributed by atoms with E-state index in [0.717, 1.165) is 17.2 Å². The van der Waals surface area contributed by atoms with Crippen molar-refractivity contribution in [2.75, 3.05) is 0 Å². The first-order chi connectivity index (χ1) is 7.15. The van der Waals surface area contributed by atoms with Gasteiger partial charge in [0, 0.05) is 0 Å². The number of aliphatic carboxylic acids is 1. The minimum Gasteiger partial charge on any atom is -0.545 e. The largest absolute Gasteiger partial charge is 1.00 e. The maximum absolute atomic E-state index is 9.14. The van der Waals surface area contributed by atoms with E-state index >= 15 is 0 Å². The number of benzene rings is 1. The summed E-state index contributed by atoms with van der Waals surface area (Å²) in [6.45, 7) is 10.3. The Kier molecular flexibility index (Phi) is 11.3.